The summed E-state index contributed by atoms with van der Waals surface area (Å²) in [6.45, 7) is 11.3. The van der Waals surface area contributed by atoms with Gasteiger partial charge in [-0.15, -0.1) is 0 Å². The monoisotopic (exact) mass is 393 g/mol. The van der Waals surface area contributed by atoms with Gasteiger partial charge in [0, 0.05) is 43.9 Å². The number of nitrogens with zero attached hydrogens (tertiary/aromatic N) is 1. The highest BCUT2D eigenvalue weighted by Crippen LogP contribution is 2.18. The van der Waals surface area contributed by atoms with Crippen LogP contribution in [-0.4, -0.2) is 48.1 Å². The van der Waals surface area contributed by atoms with Crippen LogP contribution < -0.4 is 10.6 Å². The number of allylic oxidation sites excluding steroid dienone is 4. The maximum Gasteiger partial charge on any atom is 0.337 e. The van der Waals surface area contributed by atoms with E-state index in [-0.39, 0.29) is 23.6 Å². The minimum atomic E-state index is -1.11. The topological polar surface area (TPSA) is 81.7 Å². The molecule has 0 aliphatic carbocycles. The van der Waals surface area contributed by atoms with Gasteiger partial charge in [-0.2, -0.15) is 0 Å². The molecule has 0 aromatic heterocycles. The van der Waals surface area contributed by atoms with E-state index < -0.39 is 5.97 Å². The number of carbonyl (C=O) groups excluding carboxylic acids is 1. The van der Waals surface area contributed by atoms with E-state index in [9.17, 15) is 14.7 Å². The van der Waals surface area contributed by atoms with E-state index in [1.54, 1.807) is 19.1 Å². The van der Waals surface area contributed by atoms with Crippen LogP contribution in [0.4, 0.5) is 5.69 Å². The molecule has 1 amide bonds. The van der Waals surface area contributed by atoms with Crippen molar-refractivity contribution < 1.29 is 14.7 Å². The molecule has 1 aromatic rings. The number of carboxylic acid groups (broad SMARTS) is 1. The van der Waals surface area contributed by atoms with Crippen LogP contribution in [0.25, 0.3) is 0 Å². The molecule has 152 valence electrons. The predicted octanol–water partition coefficient (Wildman–Crippen LogP) is 3.01. The summed E-state index contributed by atoms with van der Waals surface area (Å²) in [6.07, 6.45) is 6.04. The van der Waals surface area contributed by atoms with Crippen LogP contribution in [0, 0.1) is 11.8 Å². The van der Waals surface area contributed by atoms with E-state index in [4.69, 9.17) is 0 Å². The minimum Gasteiger partial charge on any atom is -0.478 e. The second kappa shape index (κ2) is 10.9. The van der Waals surface area contributed by atoms with Crippen molar-refractivity contribution in [1.82, 2.24) is 10.2 Å². The van der Waals surface area contributed by atoms with Crippen LogP contribution in [0.15, 0.2) is 54.3 Å². The number of amides is 1. The number of aromatic carboxylic acids is 1. The molecule has 0 radical (unpaired) electrons. The molecule has 1 aromatic carbocycles. The quantitative estimate of drug-likeness (QED) is 0.511. The molecule has 0 unspecified atom stereocenters. The van der Waals surface area contributed by atoms with Crippen LogP contribution in [0.1, 0.15) is 36.2 Å². The predicted molar refractivity (Wildman–Crippen MR) is 116 cm³/mol. The average Bonchev–Trinajstić information content (AvgIpc) is 2.73. The number of carbonyl (C=O) groups is 2. The lowest BCUT2D eigenvalue weighted by molar-refractivity contribution is -0.115. The van der Waals surface area contributed by atoms with Crippen molar-refractivity contribution >= 4 is 17.6 Å². The lowest BCUT2D eigenvalue weighted by atomic mass is 10.1. The van der Waals surface area contributed by atoms with E-state index in [0.29, 0.717) is 5.56 Å². The molecule has 2 rings (SSSR count). The number of rotatable bonds is 6. The van der Waals surface area contributed by atoms with Gasteiger partial charge in [0.1, 0.15) is 0 Å². The Morgan fingerprint density at radius 1 is 1.31 bits per heavy atom. The molecule has 1 heterocycles. The summed E-state index contributed by atoms with van der Waals surface area (Å²) >= 11 is 0. The van der Waals surface area contributed by atoms with Crippen LogP contribution in [-0.2, 0) is 4.79 Å². The molecule has 1 saturated heterocycles. The van der Waals surface area contributed by atoms with Gasteiger partial charge in [0.05, 0.1) is 11.3 Å². The highest BCUT2D eigenvalue weighted by Gasteiger charge is 2.12. The van der Waals surface area contributed by atoms with Gasteiger partial charge >= 0.3 is 5.97 Å². The van der Waals surface area contributed by atoms with E-state index in [1.165, 1.54) is 6.07 Å². The van der Waals surface area contributed by atoms with Gasteiger partial charge < -0.3 is 20.6 Å². The van der Waals surface area contributed by atoms with Crippen molar-refractivity contribution in [2.75, 3.05) is 31.5 Å². The molecule has 6 heteroatoms. The van der Waals surface area contributed by atoms with Crippen LogP contribution in [0.3, 0.4) is 0 Å². The Balaban J connectivity index is 2.18. The second-order valence-electron chi connectivity index (χ2n) is 6.60. The van der Waals surface area contributed by atoms with E-state index in [2.05, 4.69) is 34.0 Å². The standard InChI is InChI=1S/C23H27N3O3/c1-4-19(26-14-12-24-13-15-26)10-7-17(3)6-8-18-9-11-21(25-22(27)5-2)20(16-18)23(28)29/h4,7,9-11,16,24H,1,5,12-15H2,2-3H3,(H,25,27)(H,28,29)/b17-7+,19-10+. The Hall–Kier alpha value is -3.30. The number of hydrogen-bond acceptors (Lipinski definition) is 4. The molecular formula is C23H27N3O3. The van der Waals surface area contributed by atoms with Crippen molar-refractivity contribution in [1.29, 1.82) is 0 Å². The highest BCUT2D eigenvalue weighted by atomic mass is 16.4. The van der Waals surface area contributed by atoms with Gasteiger partial charge in [-0.25, -0.2) is 4.79 Å². The second-order valence-corrected chi connectivity index (χ2v) is 6.60. The summed E-state index contributed by atoms with van der Waals surface area (Å²) in [5, 5.41) is 15.3. The fourth-order valence-corrected chi connectivity index (χ4v) is 2.79. The average molecular weight is 393 g/mol. The van der Waals surface area contributed by atoms with Gasteiger partial charge in [0.15, 0.2) is 0 Å². The molecule has 6 nitrogen and oxygen atoms in total. The van der Waals surface area contributed by atoms with Gasteiger partial charge in [0.25, 0.3) is 0 Å². The zero-order chi connectivity index (χ0) is 21.2. The van der Waals surface area contributed by atoms with Crippen LogP contribution >= 0.6 is 0 Å². The first-order chi connectivity index (χ1) is 13.9. The Labute approximate surface area is 172 Å². The van der Waals surface area contributed by atoms with Crippen LogP contribution in [0.5, 0.6) is 0 Å². The number of carboxylic acids is 1. The lowest BCUT2D eigenvalue weighted by Crippen LogP contribution is -2.42. The third kappa shape index (κ3) is 6.66. The van der Waals surface area contributed by atoms with Crippen molar-refractivity contribution in [3.8, 4) is 11.8 Å². The summed E-state index contributed by atoms with van der Waals surface area (Å²) in [5.41, 5.74) is 2.76. The molecular weight excluding hydrogens is 366 g/mol. The fraction of sp³-hybridized carbons (Fsp3) is 0.304. The number of nitrogens with one attached hydrogen (secondary N) is 2. The zero-order valence-corrected chi connectivity index (χ0v) is 16.9. The maximum atomic E-state index is 11.6. The molecule has 3 N–H and O–H groups in total. The Morgan fingerprint density at radius 3 is 2.66 bits per heavy atom. The third-order valence-electron chi connectivity index (χ3n) is 4.44. The Bertz CT molecular complexity index is 898. The number of hydrogen-bond donors (Lipinski definition) is 3. The molecule has 0 spiro atoms. The minimum absolute atomic E-state index is 0.0211. The smallest absolute Gasteiger partial charge is 0.337 e. The summed E-state index contributed by atoms with van der Waals surface area (Å²) in [5.74, 6) is 4.68. The Morgan fingerprint density at radius 2 is 2.03 bits per heavy atom. The van der Waals surface area contributed by atoms with Crippen molar-refractivity contribution in [3.05, 3.63) is 65.4 Å². The van der Waals surface area contributed by atoms with E-state index >= 15 is 0 Å². The third-order valence-corrected chi connectivity index (χ3v) is 4.44. The molecule has 0 bridgehead atoms. The van der Waals surface area contributed by atoms with Gasteiger partial charge in [0.2, 0.25) is 5.91 Å². The first-order valence-corrected chi connectivity index (χ1v) is 9.60. The molecule has 1 fully saturated rings. The van der Waals surface area contributed by atoms with Crippen molar-refractivity contribution in [2.24, 2.45) is 0 Å². The number of anilines is 1. The molecule has 0 saturated carbocycles. The number of piperazine rings is 1. The van der Waals surface area contributed by atoms with E-state index in [1.807, 2.05) is 25.2 Å². The van der Waals surface area contributed by atoms with Gasteiger partial charge in [-0.1, -0.05) is 25.3 Å². The van der Waals surface area contributed by atoms with Gasteiger partial charge in [-0.3, -0.25) is 4.79 Å². The lowest BCUT2D eigenvalue weighted by Gasteiger charge is -2.30. The maximum absolute atomic E-state index is 11.6. The largest absolute Gasteiger partial charge is 0.478 e. The van der Waals surface area contributed by atoms with Crippen LogP contribution in [0.2, 0.25) is 0 Å². The first kappa shape index (κ1) is 22.0. The zero-order valence-electron chi connectivity index (χ0n) is 16.9. The summed E-state index contributed by atoms with van der Waals surface area (Å²) in [4.78, 5) is 25.3. The fourth-order valence-electron chi connectivity index (χ4n) is 2.79. The molecule has 1 aliphatic heterocycles. The molecule has 29 heavy (non-hydrogen) atoms. The normalized spacial score (nSPS) is 14.6. The number of benzene rings is 1. The molecule has 0 atom stereocenters. The van der Waals surface area contributed by atoms with Crippen molar-refractivity contribution in [2.45, 2.75) is 20.3 Å². The summed E-state index contributed by atoms with van der Waals surface area (Å²) < 4.78 is 0. The summed E-state index contributed by atoms with van der Waals surface area (Å²) in [7, 11) is 0. The van der Waals surface area contributed by atoms with Gasteiger partial charge in [-0.05, 0) is 48.9 Å². The van der Waals surface area contributed by atoms with Crippen molar-refractivity contribution in [3.63, 3.8) is 0 Å². The highest BCUT2D eigenvalue weighted by molar-refractivity contribution is 6.00. The Kier molecular flexibility index (Phi) is 8.26. The van der Waals surface area contributed by atoms with E-state index in [0.717, 1.165) is 37.4 Å². The first-order valence-electron chi connectivity index (χ1n) is 9.60. The SMILES string of the molecule is C=C/C(=C\C=C(/C)C#Cc1ccc(NC(=O)CC)c(C(=O)O)c1)N1CCNCC1. The molecule has 1 aliphatic rings. The summed E-state index contributed by atoms with van der Waals surface area (Å²) in [6, 6.07) is 4.74.